The Kier molecular flexibility index (Phi) is 3.66. The molecular formula is C19H19N5. The minimum Gasteiger partial charge on any atom is -0.370 e. The molecule has 0 aliphatic carbocycles. The molecule has 0 unspecified atom stereocenters. The Morgan fingerprint density at radius 1 is 1.08 bits per heavy atom. The number of nitrogens with zero attached hydrogens (tertiary/aromatic N) is 5. The summed E-state index contributed by atoms with van der Waals surface area (Å²) in [5.41, 5.74) is 3.67. The molecular weight excluding hydrogens is 298 g/mol. The zero-order valence-electron chi connectivity index (χ0n) is 13.7. The highest BCUT2D eigenvalue weighted by Gasteiger charge is 2.23. The van der Waals surface area contributed by atoms with Gasteiger partial charge in [-0.25, -0.2) is 0 Å². The van der Waals surface area contributed by atoms with Gasteiger partial charge in [-0.3, -0.25) is 4.40 Å². The van der Waals surface area contributed by atoms with Crippen LogP contribution in [0.3, 0.4) is 0 Å². The van der Waals surface area contributed by atoms with E-state index >= 15 is 0 Å². The molecule has 3 aromatic rings. The number of aromatic nitrogens is 3. The zero-order valence-corrected chi connectivity index (χ0v) is 13.7. The van der Waals surface area contributed by atoms with Gasteiger partial charge >= 0.3 is 0 Å². The van der Waals surface area contributed by atoms with Crippen LogP contribution in [0, 0.1) is 18.3 Å². The lowest BCUT2D eigenvalue weighted by Gasteiger charge is -2.34. The van der Waals surface area contributed by atoms with Crippen LogP contribution >= 0.6 is 0 Å². The number of aryl methyl sites for hydroxylation is 1. The Bertz CT molecular complexity index is 899. The Balaban J connectivity index is 1.60. The van der Waals surface area contributed by atoms with Crippen molar-refractivity contribution in [3.63, 3.8) is 0 Å². The molecule has 4 rings (SSSR count). The maximum Gasteiger partial charge on any atom is 0.180 e. The van der Waals surface area contributed by atoms with E-state index in [4.69, 9.17) is 0 Å². The molecule has 1 aliphatic heterocycles. The van der Waals surface area contributed by atoms with Gasteiger partial charge in [0.1, 0.15) is 17.5 Å². The maximum atomic E-state index is 9.63. The summed E-state index contributed by atoms with van der Waals surface area (Å²) in [5.74, 6) is 1.41. The summed E-state index contributed by atoms with van der Waals surface area (Å²) in [6.45, 7) is 3.81. The summed E-state index contributed by atoms with van der Waals surface area (Å²) in [7, 11) is 0. The Morgan fingerprint density at radius 3 is 2.54 bits per heavy atom. The third-order valence-electron chi connectivity index (χ3n) is 4.95. The van der Waals surface area contributed by atoms with Crippen molar-refractivity contribution in [3.8, 4) is 6.07 Å². The second kappa shape index (κ2) is 5.97. The molecule has 1 fully saturated rings. The molecule has 1 aromatic carbocycles. The molecule has 0 radical (unpaired) electrons. The first-order valence-corrected chi connectivity index (χ1v) is 8.32. The van der Waals surface area contributed by atoms with Crippen molar-refractivity contribution in [3.05, 3.63) is 59.5 Å². The Hall–Kier alpha value is -2.87. The summed E-state index contributed by atoms with van der Waals surface area (Å²) in [4.78, 5) is 2.31. The second-order valence-electron chi connectivity index (χ2n) is 6.30. The fourth-order valence-electron chi connectivity index (χ4n) is 3.61. The van der Waals surface area contributed by atoms with Crippen molar-refractivity contribution in [2.75, 3.05) is 18.0 Å². The third-order valence-corrected chi connectivity index (χ3v) is 4.95. The molecule has 5 nitrogen and oxygen atoms in total. The molecule has 0 spiro atoms. The SMILES string of the molecule is Cc1nnc2c(C#N)c(N3CCC(c4ccccc4)CC3)ccn12. The number of hydrogen-bond acceptors (Lipinski definition) is 4. The predicted octanol–water partition coefficient (Wildman–Crippen LogP) is 3.29. The summed E-state index contributed by atoms with van der Waals surface area (Å²) in [6.07, 6.45) is 4.17. The number of nitriles is 1. The van der Waals surface area contributed by atoms with Gasteiger partial charge in [-0.05, 0) is 37.3 Å². The molecule has 1 saturated heterocycles. The van der Waals surface area contributed by atoms with Crippen LogP contribution in [-0.2, 0) is 0 Å². The molecule has 1 aliphatic rings. The lowest BCUT2D eigenvalue weighted by molar-refractivity contribution is 0.505. The average molecular weight is 317 g/mol. The number of hydrogen-bond donors (Lipinski definition) is 0. The second-order valence-corrected chi connectivity index (χ2v) is 6.30. The minimum atomic E-state index is 0.604. The molecule has 0 saturated carbocycles. The van der Waals surface area contributed by atoms with Crippen LogP contribution < -0.4 is 4.90 Å². The fraction of sp³-hybridized carbons (Fsp3) is 0.316. The zero-order chi connectivity index (χ0) is 16.5. The first-order chi connectivity index (χ1) is 11.8. The van der Waals surface area contributed by atoms with Crippen molar-refractivity contribution < 1.29 is 0 Å². The van der Waals surface area contributed by atoms with Crippen molar-refractivity contribution in [1.82, 2.24) is 14.6 Å². The van der Waals surface area contributed by atoms with Crippen LogP contribution in [0.5, 0.6) is 0 Å². The highest BCUT2D eigenvalue weighted by molar-refractivity contribution is 5.71. The number of benzene rings is 1. The van der Waals surface area contributed by atoms with Gasteiger partial charge in [0, 0.05) is 19.3 Å². The monoisotopic (exact) mass is 317 g/mol. The molecule has 2 aromatic heterocycles. The number of fused-ring (bicyclic) bond motifs is 1. The Labute approximate surface area is 141 Å². The van der Waals surface area contributed by atoms with E-state index in [9.17, 15) is 5.26 Å². The van der Waals surface area contributed by atoms with E-state index < -0.39 is 0 Å². The third kappa shape index (κ3) is 2.41. The number of rotatable bonds is 2. The molecule has 0 amide bonds. The topological polar surface area (TPSA) is 57.2 Å². The van der Waals surface area contributed by atoms with Crippen molar-refractivity contribution >= 4 is 11.3 Å². The van der Waals surface area contributed by atoms with E-state index in [1.165, 1.54) is 5.56 Å². The van der Waals surface area contributed by atoms with Crippen molar-refractivity contribution in [2.24, 2.45) is 0 Å². The van der Waals surface area contributed by atoms with Gasteiger partial charge in [-0.15, -0.1) is 10.2 Å². The van der Waals surface area contributed by atoms with E-state index in [-0.39, 0.29) is 0 Å². The van der Waals surface area contributed by atoms with Crippen molar-refractivity contribution in [1.29, 1.82) is 5.26 Å². The normalized spacial score (nSPS) is 15.6. The van der Waals surface area contributed by atoms with Crippen LogP contribution in [0.2, 0.25) is 0 Å². The van der Waals surface area contributed by atoms with Crippen LogP contribution in [0.1, 0.15) is 35.7 Å². The van der Waals surface area contributed by atoms with E-state index in [1.807, 2.05) is 23.6 Å². The van der Waals surface area contributed by atoms with Gasteiger partial charge in [0.05, 0.1) is 5.69 Å². The van der Waals surface area contributed by atoms with Crippen molar-refractivity contribution in [2.45, 2.75) is 25.7 Å². The molecule has 0 N–H and O–H groups in total. The highest BCUT2D eigenvalue weighted by Crippen LogP contribution is 2.32. The van der Waals surface area contributed by atoms with Gasteiger partial charge in [-0.1, -0.05) is 30.3 Å². The molecule has 5 heteroatoms. The van der Waals surface area contributed by atoms with Crippen LogP contribution in [-0.4, -0.2) is 27.7 Å². The van der Waals surface area contributed by atoms with E-state index in [1.54, 1.807) is 0 Å². The molecule has 0 atom stereocenters. The molecule has 0 bridgehead atoms. The standard InChI is InChI=1S/C19H19N5/c1-14-21-22-19-17(13-20)18(9-12-24(14)19)23-10-7-16(8-11-23)15-5-3-2-4-6-15/h2-6,9,12,16H,7-8,10-11H2,1H3. The summed E-state index contributed by atoms with van der Waals surface area (Å²) in [6, 6.07) is 15.1. The molecule has 3 heterocycles. The van der Waals surface area contributed by atoms with Gasteiger partial charge in [-0.2, -0.15) is 5.26 Å². The smallest absolute Gasteiger partial charge is 0.180 e. The van der Waals surface area contributed by atoms with Gasteiger partial charge in [0.15, 0.2) is 5.65 Å². The number of anilines is 1. The largest absolute Gasteiger partial charge is 0.370 e. The van der Waals surface area contributed by atoms with E-state index in [0.29, 0.717) is 17.1 Å². The van der Waals surface area contributed by atoms with Crippen LogP contribution in [0.4, 0.5) is 5.69 Å². The predicted molar refractivity (Wildman–Crippen MR) is 93.1 cm³/mol. The van der Waals surface area contributed by atoms with Crippen LogP contribution in [0.25, 0.3) is 5.65 Å². The van der Waals surface area contributed by atoms with E-state index in [0.717, 1.165) is 37.4 Å². The summed E-state index contributed by atoms with van der Waals surface area (Å²) >= 11 is 0. The number of pyridine rings is 1. The molecule has 120 valence electrons. The maximum absolute atomic E-state index is 9.63. The van der Waals surface area contributed by atoms with Crippen LogP contribution in [0.15, 0.2) is 42.6 Å². The highest BCUT2D eigenvalue weighted by atomic mass is 15.2. The fourth-order valence-corrected chi connectivity index (χ4v) is 3.61. The first kappa shape index (κ1) is 14.7. The summed E-state index contributed by atoms with van der Waals surface area (Å²) < 4.78 is 1.87. The van der Waals surface area contributed by atoms with Gasteiger partial charge in [0.2, 0.25) is 0 Å². The average Bonchev–Trinajstić information content (AvgIpc) is 3.03. The molecule has 24 heavy (non-hydrogen) atoms. The minimum absolute atomic E-state index is 0.604. The lowest BCUT2D eigenvalue weighted by Crippen LogP contribution is -2.33. The lowest BCUT2D eigenvalue weighted by atomic mass is 9.89. The first-order valence-electron chi connectivity index (χ1n) is 8.32. The Morgan fingerprint density at radius 2 is 1.83 bits per heavy atom. The van der Waals surface area contributed by atoms with Gasteiger partial charge < -0.3 is 4.90 Å². The number of piperidine rings is 1. The van der Waals surface area contributed by atoms with E-state index in [2.05, 4.69) is 51.5 Å². The quantitative estimate of drug-likeness (QED) is 0.728. The summed E-state index contributed by atoms with van der Waals surface area (Å²) in [5, 5.41) is 17.9. The van der Waals surface area contributed by atoms with Gasteiger partial charge in [0.25, 0.3) is 0 Å².